The summed E-state index contributed by atoms with van der Waals surface area (Å²) in [5, 5.41) is 0. The molecular weight excluding hydrogens is 135 g/mol. The van der Waals surface area contributed by atoms with Crippen molar-refractivity contribution >= 4 is 40.9 Å². The Morgan fingerprint density at radius 3 is 1.60 bits per heavy atom. The summed E-state index contributed by atoms with van der Waals surface area (Å²) in [7, 11) is 8.36. The number of rotatable bonds is 1. The Hall–Kier alpha value is 1.78. The van der Waals surface area contributed by atoms with Crippen LogP contribution in [0.3, 0.4) is 0 Å². The van der Waals surface area contributed by atoms with Crippen LogP contribution in [0.25, 0.3) is 0 Å². The van der Waals surface area contributed by atoms with Gasteiger partial charge in [0.05, 0.1) is 0 Å². The molecule has 0 aromatic heterocycles. The third-order valence-corrected chi connectivity index (χ3v) is 5.69. The van der Waals surface area contributed by atoms with Crippen molar-refractivity contribution in [3.05, 3.63) is 0 Å². The highest BCUT2D eigenvalue weighted by atomic mass is 32.4. The van der Waals surface area contributed by atoms with E-state index in [0.717, 1.165) is 0 Å². The van der Waals surface area contributed by atoms with E-state index in [1.54, 1.807) is 0 Å². The fourth-order valence-corrected chi connectivity index (χ4v) is 0. The summed E-state index contributed by atoms with van der Waals surface area (Å²) in [6, 6.07) is 0. The van der Waals surface area contributed by atoms with Gasteiger partial charge in [0.1, 0.15) is 0 Å². The van der Waals surface area contributed by atoms with Crippen LogP contribution in [0.4, 0.5) is 0 Å². The first-order valence-electron chi connectivity index (χ1n) is 1.24. The summed E-state index contributed by atoms with van der Waals surface area (Å²) in [6.07, 6.45) is 0. The summed E-state index contributed by atoms with van der Waals surface area (Å²) >= 11 is 0. The van der Waals surface area contributed by atoms with Gasteiger partial charge in [-0.1, -0.05) is 0 Å². The molecule has 0 nitrogen and oxygen atoms in total. The summed E-state index contributed by atoms with van der Waals surface area (Å²) in [6.45, 7) is 1.21. The highest BCUT2D eigenvalue weighted by molar-refractivity contribution is 8.58. The van der Waals surface area contributed by atoms with Crippen molar-refractivity contribution in [2.24, 2.45) is 0 Å². The lowest BCUT2D eigenvalue weighted by atomic mass is 10.7. The average molecular weight is 142 g/mol. The molecule has 0 saturated carbocycles. The Morgan fingerprint density at radius 2 is 1.60 bits per heavy atom. The van der Waals surface area contributed by atoms with Crippen molar-refractivity contribution in [2.45, 2.75) is 0 Å². The number of hydrogen-bond acceptors (Lipinski definition) is 0. The quantitative estimate of drug-likeness (QED) is 0.380. The molecule has 5 heteroatoms. The van der Waals surface area contributed by atoms with Crippen LogP contribution < -0.4 is 0 Å². The Labute approximate surface area is 41.6 Å². The fourth-order valence-electron chi connectivity index (χ4n) is 0. The Morgan fingerprint density at radius 1 is 1.40 bits per heavy atom. The standard InChI is InChI=1S/BH7P4/c2-1-5(3)4/h1H,2-4H2. The molecule has 0 spiro atoms. The van der Waals surface area contributed by atoms with Crippen LogP contribution in [0.5, 0.6) is 0 Å². The normalized spacial score (nSPS) is 8.80. The molecule has 0 bridgehead atoms. The van der Waals surface area contributed by atoms with E-state index in [1.807, 2.05) is 0 Å². The first-order valence-corrected chi connectivity index (χ1v) is 6.82. The van der Waals surface area contributed by atoms with Crippen LogP contribution in [0.1, 0.15) is 0 Å². The second-order valence-electron chi connectivity index (χ2n) is 0.697. The van der Waals surface area contributed by atoms with Crippen LogP contribution in [0.2, 0.25) is 0 Å². The van der Waals surface area contributed by atoms with Crippen LogP contribution >= 0.6 is 34.2 Å². The molecule has 0 fully saturated rings. The van der Waals surface area contributed by atoms with Crippen molar-refractivity contribution in [3.8, 4) is 0 Å². The van der Waals surface area contributed by atoms with Crippen LogP contribution in [-0.4, -0.2) is 6.72 Å². The maximum Gasteiger partial charge on any atom is 0.185 e. The van der Waals surface area contributed by atoms with Crippen LogP contribution in [0, 0.1) is 0 Å². The van der Waals surface area contributed by atoms with E-state index in [0.29, 0.717) is 0 Å². The molecule has 0 aromatic rings. The van der Waals surface area contributed by atoms with Crippen LogP contribution in [0.15, 0.2) is 0 Å². The Kier molecular flexibility index (Phi) is 5.37. The van der Waals surface area contributed by atoms with Gasteiger partial charge in [-0.15, -0.1) is 25.0 Å². The molecule has 30 valence electrons. The molecule has 5 heavy (non-hydrogen) atoms. The molecule has 0 rings (SSSR count). The van der Waals surface area contributed by atoms with Crippen LogP contribution in [-0.2, 0) is 0 Å². The summed E-state index contributed by atoms with van der Waals surface area (Å²) in [5.41, 5.74) is 0. The third kappa shape index (κ3) is 5.78. The molecule has 0 aliphatic carbocycles. The molecule has 3 atom stereocenters. The minimum atomic E-state index is 0.198. The third-order valence-electron chi connectivity index (χ3n) is 0.211. The molecule has 0 saturated heterocycles. The lowest BCUT2D eigenvalue weighted by Gasteiger charge is -1.89. The lowest BCUT2D eigenvalue weighted by Crippen LogP contribution is -1.48. The van der Waals surface area contributed by atoms with Crippen molar-refractivity contribution in [1.82, 2.24) is 0 Å². The van der Waals surface area contributed by atoms with E-state index in [9.17, 15) is 0 Å². The zero-order valence-corrected chi connectivity index (χ0v) is 7.24. The largest absolute Gasteiger partial charge is 0.185 e. The van der Waals surface area contributed by atoms with Gasteiger partial charge in [0.2, 0.25) is 0 Å². The zero-order valence-electron chi connectivity index (χ0n) is 2.89. The van der Waals surface area contributed by atoms with E-state index in [4.69, 9.17) is 0 Å². The lowest BCUT2D eigenvalue weighted by molar-refractivity contribution is 4.62. The van der Waals surface area contributed by atoms with Crippen molar-refractivity contribution in [1.29, 1.82) is 0 Å². The van der Waals surface area contributed by atoms with E-state index in [2.05, 4.69) is 27.0 Å². The average Bonchev–Trinajstić information content (AvgIpc) is 1.38. The molecule has 0 heterocycles. The van der Waals surface area contributed by atoms with E-state index < -0.39 is 0 Å². The molecule has 0 aromatic carbocycles. The van der Waals surface area contributed by atoms with Gasteiger partial charge in [0.25, 0.3) is 0 Å². The summed E-state index contributed by atoms with van der Waals surface area (Å²) in [4.78, 5) is 0. The van der Waals surface area contributed by atoms with Crippen molar-refractivity contribution in [2.75, 3.05) is 0 Å². The predicted molar refractivity (Wildman–Crippen MR) is 43.2 cm³/mol. The second-order valence-corrected chi connectivity index (χ2v) is 8.95. The van der Waals surface area contributed by atoms with Gasteiger partial charge in [0, 0.05) is 0 Å². The minimum absolute atomic E-state index is 0.198. The van der Waals surface area contributed by atoms with Gasteiger partial charge >= 0.3 is 0 Å². The molecular formula is H7BP4. The molecule has 0 radical (unpaired) electrons. The van der Waals surface area contributed by atoms with Gasteiger partial charge in [-0.05, 0) is 0 Å². The van der Waals surface area contributed by atoms with Gasteiger partial charge in [0.15, 0.2) is 6.72 Å². The highest BCUT2D eigenvalue weighted by Crippen LogP contribution is 2.51. The molecule has 0 aliphatic rings. The Balaban J connectivity index is 2.54. The van der Waals surface area contributed by atoms with E-state index >= 15 is 0 Å². The van der Waals surface area contributed by atoms with Crippen molar-refractivity contribution < 1.29 is 0 Å². The Bertz CT molecular complexity index is 17.6. The van der Waals surface area contributed by atoms with E-state index in [1.165, 1.54) is 6.72 Å². The number of hydrogen-bond donors (Lipinski definition) is 0. The van der Waals surface area contributed by atoms with Gasteiger partial charge in [-0.3, -0.25) is 0 Å². The smallest absolute Gasteiger partial charge is 0.169 e. The van der Waals surface area contributed by atoms with Crippen molar-refractivity contribution in [3.63, 3.8) is 0 Å². The second kappa shape index (κ2) is 3.96. The van der Waals surface area contributed by atoms with Gasteiger partial charge < -0.3 is 0 Å². The zero-order chi connectivity index (χ0) is 4.28. The monoisotopic (exact) mass is 142 g/mol. The minimum Gasteiger partial charge on any atom is -0.169 e. The first kappa shape index (κ1) is 6.78. The molecule has 0 aliphatic heterocycles. The van der Waals surface area contributed by atoms with Gasteiger partial charge in [-0.2, -0.15) is 9.12 Å². The molecule has 0 N–H and O–H groups in total. The topological polar surface area (TPSA) is 0 Å². The van der Waals surface area contributed by atoms with Gasteiger partial charge in [-0.25, -0.2) is 0 Å². The highest BCUT2D eigenvalue weighted by Gasteiger charge is 1.82. The molecule has 0 amide bonds. The van der Waals surface area contributed by atoms with E-state index in [-0.39, 0.29) is 7.18 Å². The summed E-state index contributed by atoms with van der Waals surface area (Å²) in [5.74, 6) is 0. The fraction of sp³-hybridized carbons (Fsp3) is 0. The predicted octanol–water partition coefficient (Wildman–Crippen LogP) is 1.19. The first-order chi connectivity index (χ1) is 2.27. The SMILES string of the molecule is PBP(P)P. The summed E-state index contributed by atoms with van der Waals surface area (Å²) < 4.78 is 0. The maximum absolute atomic E-state index is 2.74. The maximum atomic E-state index is 2.74. The molecule has 3 unspecified atom stereocenters.